The summed E-state index contributed by atoms with van der Waals surface area (Å²) in [6.45, 7) is 10.5. The zero-order chi connectivity index (χ0) is 14.7. The van der Waals surface area contributed by atoms with Crippen molar-refractivity contribution < 1.29 is 9.53 Å². The first-order chi connectivity index (χ1) is 8.65. The van der Waals surface area contributed by atoms with Gasteiger partial charge in [-0.1, -0.05) is 0 Å². The minimum absolute atomic E-state index is 0.446. The molecule has 0 radical (unpaired) electrons. The molecule has 19 heavy (non-hydrogen) atoms. The molecule has 0 aliphatic carbocycles. The number of hydrogen-bond acceptors (Lipinski definition) is 4. The highest BCUT2D eigenvalue weighted by atomic mass is 16.6. The Labute approximate surface area is 114 Å². The van der Waals surface area contributed by atoms with E-state index in [0.29, 0.717) is 13.1 Å². The SMILES string of the molecule is CC(C)(C)OC(=O)NC(C)(C)c1cncn1CCN. The highest BCUT2D eigenvalue weighted by molar-refractivity contribution is 5.68. The Morgan fingerprint density at radius 1 is 1.42 bits per heavy atom. The molecule has 1 aromatic heterocycles. The predicted octanol–water partition coefficient (Wildman–Crippen LogP) is 1.60. The lowest BCUT2D eigenvalue weighted by Crippen LogP contribution is -2.45. The number of ether oxygens (including phenoxy) is 1. The van der Waals surface area contributed by atoms with Gasteiger partial charge in [-0.15, -0.1) is 0 Å². The normalized spacial score (nSPS) is 12.3. The number of amides is 1. The van der Waals surface area contributed by atoms with Crippen LogP contribution in [0.15, 0.2) is 12.5 Å². The van der Waals surface area contributed by atoms with Gasteiger partial charge in [0.25, 0.3) is 0 Å². The van der Waals surface area contributed by atoms with E-state index in [-0.39, 0.29) is 0 Å². The summed E-state index contributed by atoms with van der Waals surface area (Å²) in [4.78, 5) is 16.0. The van der Waals surface area contributed by atoms with E-state index in [1.54, 1.807) is 12.5 Å². The van der Waals surface area contributed by atoms with Crippen LogP contribution in [0.1, 0.15) is 40.3 Å². The Bertz CT molecular complexity index is 432. The molecule has 0 atom stereocenters. The smallest absolute Gasteiger partial charge is 0.408 e. The molecule has 0 saturated carbocycles. The average molecular weight is 268 g/mol. The van der Waals surface area contributed by atoms with Crippen LogP contribution in [0.5, 0.6) is 0 Å². The van der Waals surface area contributed by atoms with E-state index >= 15 is 0 Å². The molecule has 1 rings (SSSR count). The molecule has 0 unspecified atom stereocenters. The van der Waals surface area contributed by atoms with E-state index in [0.717, 1.165) is 5.69 Å². The number of nitrogens with zero attached hydrogens (tertiary/aromatic N) is 2. The molecular weight excluding hydrogens is 244 g/mol. The van der Waals surface area contributed by atoms with Crippen LogP contribution in [0, 0.1) is 0 Å². The van der Waals surface area contributed by atoms with Gasteiger partial charge in [-0.2, -0.15) is 0 Å². The number of aromatic nitrogens is 2. The quantitative estimate of drug-likeness (QED) is 0.869. The summed E-state index contributed by atoms with van der Waals surface area (Å²) in [5.74, 6) is 0. The molecule has 6 nitrogen and oxygen atoms in total. The molecule has 3 N–H and O–H groups in total. The first kappa shape index (κ1) is 15.5. The van der Waals surface area contributed by atoms with Crippen LogP contribution in [0.2, 0.25) is 0 Å². The van der Waals surface area contributed by atoms with E-state index < -0.39 is 17.2 Å². The van der Waals surface area contributed by atoms with Crippen molar-refractivity contribution in [2.45, 2.75) is 52.3 Å². The van der Waals surface area contributed by atoms with Gasteiger partial charge in [0, 0.05) is 13.1 Å². The average Bonchev–Trinajstić information content (AvgIpc) is 2.62. The molecule has 108 valence electrons. The minimum Gasteiger partial charge on any atom is -0.444 e. The van der Waals surface area contributed by atoms with Gasteiger partial charge in [-0.05, 0) is 34.6 Å². The van der Waals surface area contributed by atoms with Gasteiger partial charge in [0.2, 0.25) is 0 Å². The lowest BCUT2D eigenvalue weighted by Gasteiger charge is -2.29. The Kier molecular flexibility index (Phi) is 4.57. The number of imidazole rings is 1. The molecule has 0 aliphatic heterocycles. The lowest BCUT2D eigenvalue weighted by atomic mass is 10.0. The Balaban J connectivity index is 2.80. The lowest BCUT2D eigenvalue weighted by molar-refractivity contribution is 0.0466. The Morgan fingerprint density at radius 2 is 2.05 bits per heavy atom. The number of carbonyl (C=O) groups is 1. The van der Waals surface area contributed by atoms with Crippen LogP contribution in [0.4, 0.5) is 4.79 Å². The monoisotopic (exact) mass is 268 g/mol. The van der Waals surface area contributed by atoms with Gasteiger partial charge in [0.1, 0.15) is 5.60 Å². The summed E-state index contributed by atoms with van der Waals surface area (Å²) < 4.78 is 7.20. The van der Waals surface area contributed by atoms with Gasteiger partial charge in [-0.25, -0.2) is 9.78 Å². The largest absolute Gasteiger partial charge is 0.444 e. The summed E-state index contributed by atoms with van der Waals surface area (Å²) in [6, 6.07) is 0. The van der Waals surface area contributed by atoms with Crippen molar-refractivity contribution in [3.63, 3.8) is 0 Å². The molecule has 1 amide bonds. The minimum atomic E-state index is -0.575. The van der Waals surface area contributed by atoms with Crippen LogP contribution < -0.4 is 11.1 Å². The fraction of sp³-hybridized carbons (Fsp3) is 0.692. The first-order valence-electron chi connectivity index (χ1n) is 6.37. The highest BCUT2D eigenvalue weighted by Crippen LogP contribution is 2.20. The maximum absolute atomic E-state index is 11.9. The number of carbonyl (C=O) groups excluding carboxylic acids is 1. The number of alkyl carbamates (subject to hydrolysis) is 1. The Morgan fingerprint density at radius 3 is 2.58 bits per heavy atom. The van der Waals surface area contributed by atoms with Crippen LogP contribution in [0.25, 0.3) is 0 Å². The van der Waals surface area contributed by atoms with Crippen LogP contribution in [-0.4, -0.2) is 27.8 Å². The number of rotatable bonds is 4. The molecule has 1 aromatic rings. The van der Waals surface area contributed by atoms with Gasteiger partial charge in [-0.3, -0.25) is 0 Å². The van der Waals surface area contributed by atoms with Crippen molar-refractivity contribution in [2.75, 3.05) is 6.54 Å². The van der Waals surface area contributed by atoms with E-state index in [4.69, 9.17) is 10.5 Å². The maximum atomic E-state index is 11.9. The summed E-state index contributed by atoms with van der Waals surface area (Å²) in [7, 11) is 0. The van der Waals surface area contributed by atoms with E-state index in [1.807, 2.05) is 39.2 Å². The van der Waals surface area contributed by atoms with E-state index in [2.05, 4.69) is 10.3 Å². The van der Waals surface area contributed by atoms with Gasteiger partial charge >= 0.3 is 6.09 Å². The van der Waals surface area contributed by atoms with E-state index in [1.165, 1.54) is 0 Å². The maximum Gasteiger partial charge on any atom is 0.408 e. The highest BCUT2D eigenvalue weighted by Gasteiger charge is 2.28. The second kappa shape index (κ2) is 5.61. The van der Waals surface area contributed by atoms with Crippen LogP contribution >= 0.6 is 0 Å². The van der Waals surface area contributed by atoms with E-state index in [9.17, 15) is 4.79 Å². The molecule has 0 spiro atoms. The molecule has 0 saturated heterocycles. The first-order valence-corrected chi connectivity index (χ1v) is 6.37. The summed E-state index contributed by atoms with van der Waals surface area (Å²) in [5, 5.41) is 2.85. The zero-order valence-electron chi connectivity index (χ0n) is 12.4. The summed E-state index contributed by atoms with van der Waals surface area (Å²) >= 11 is 0. The predicted molar refractivity (Wildman–Crippen MR) is 73.7 cm³/mol. The molecule has 0 fully saturated rings. The fourth-order valence-corrected chi connectivity index (χ4v) is 1.78. The third kappa shape index (κ3) is 4.55. The van der Waals surface area contributed by atoms with Crippen molar-refractivity contribution in [1.82, 2.24) is 14.9 Å². The third-order valence-electron chi connectivity index (χ3n) is 2.54. The standard InChI is InChI=1S/C13H24N4O2/c1-12(2,3)19-11(18)16-13(4,5)10-8-15-9-17(10)7-6-14/h8-9H,6-7,14H2,1-5H3,(H,16,18). The van der Waals surface area contributed by atoms with Crippen LogP contribution in [0.3, 0.4) is 0 Å². The number of hydrogen-bond donors (Lipinski definition) is 2. The van der Waals surface area contributed by atoms with Gasteiger partial charge in [0.05, 0.1) is 23.8 Å². The third-order valence-corrected chi connectivity index (χ3v) is 2.54. The van der Waals surface area contributed by atoms with Gasteiger partial charge in [0.15, 0.2) is 0 Å². The molecule has 0 bridgehead atoms. The van der Waals surface area contributed by atoms with Crippen LogP contribution in [-0.2, 0) is 16.8 Å². The van der Waals surface area contributed by atoms with Crippen molar-refractivity contribution in [3.8, 4) is 0 Å². The molecule has 6 heteroatoms. The zero-order valence-corrected chi connectivity index (χ0v) is 12.4. The molecular formula is C13H24N4O2. The number of nitrogens with two attached hydrogens (primary N) is 1. The second-order valence-electron chi connectivity index (χ2n) is 6.01. The molecule has 1 heterocycles. The second-order valence-corrected chi connectivity index (χ2v) is 6.01. The molecule has 0 aliphatic rings. The summed E-state index contributed by atoms with van der Waals surface area (Å²) in [5.41, 5.74) is 5.36. The van der Waals surface area contributed by atoms with Crippen molar-refractivity contribution in [1.29, 1.82) is 0 Å². The fourth-order valence-electron chi connectivity index (χ4n) is 1.78. The van der Waals surface area contributed by atoms with Crippen molar-refractivity contribution in [3.05, 3.63) is 18.2 Å². The Hall–Kier alpha value is -1.56. The number of nitrogens with one attached hydrogen (secondary N) is 1. The van der Waals surface area contributed by atoms with Gasteiger partial charge < -0.3 is 20.4 Å². The topological polar surface area (TPSA) is 82.2 Å². The van der Waals surface area contributed by atoms with Crippen molar-refractivity contribution >= 4 is 6.09 Å². The summed E-state index contributed by atoms with van der Waals surface area (Å²) in [6.07, 6.45) is 2.99. The molecule has 0 aromatic carbocycles. The van der Waals surface area contributed by atoms with Crippen molar-refractivity contribution in [2.24, 2.45) is 5.73 Å².